The molecule has 0 spiro atoms. The van der Waals surface area contributed by atoms with Crippen LogP contribution in [0.1, 0.15) is 80.6 Å². The highest BCUT2D eigenvalue weighted by Gasteiger charge is 2.48. The third-order valence-electron chi connectivity index (χ3n) is 21.0. The summed E-state index contributed by atoms with van der Waals surface area (Å²) in [7, 11) is 0. The molecule has 2 aliphatic rings. The maximum atomic E-state index is 6.48. The van der Waals surface area contributed by atoms with Crippen molar-refractivity contribution in [2.24, 2.45) is 0 Å². The summed E-state index contributed by atoms with van der Waals surface area (Å²) in [5.41, 5.74) is 25.3. The second-order valence-electron chi connectivity index (χ2n) is 27.1. The number of para-hydroxylation sites is 2. The number of hydrogen-bond acceptors (Lipinski definition) is 8. The van der Waals surface area contributed by atoms with Gasteiger partial charge in [0, 0.05) is 47.3 Å². The fourth-order valence-electron chi connectivity index (χ4n) is 15.8. The van der Waals surface area contributed by atoms with Gasteiger partial charge in [0.2, 0.25) is 0 Å². The lowest BCUT2D eigenvalue weighted by Crippen LogP contribution is -2.29. The molecule has 0 amide bonds. The summed E-state index contributed by atoms with van der Waals surface area (Å²) in [6, 6.07) is 123. The van der Waals surface area contributed by atoms with Crippen molar-refractivity contribution in [2.45, 2.75) is 37.9 Å². The van der Waals surface area contributed by atoms with Gasteiger partial charge in [-0.2, -0.15) is 0 Å². The Kier molecular flexibility index (Phi) is 20.3. The van der Waals surface area contributed by atoms with E-state index in [1.807, 2.05) is 26.0 Å². The van der Waals surface area contributed by atoms with E-state index in [0.717, 1.165) is 113 Å². The van der Waals surface area contributed by atoms with Crippen LogP contribution in [0.5, 0.6) is 23.0 Å². The quantitative estimate of drug-likeness (QED) is 0.0430. The average molecular weight is 1410 g/mol. The Balaban J connectivity index is 0.743. The molecule has 2 atom stereocenters. The predicted molar refractivity (Wildman–Crippen MR) is 442 cm³/mol. The predicted octanol–water partition coefficient (Wildman–Crippen LogP) is 24.3. The van der Waals surface area contributed by atoms with Crippen LogP contribution in [0.15, 0.2) is 353 Å². The van der Waals surface area contributed by atoms with E-state index in [9.17, 15) is 0 Å². The minimum Gasteiger partial charge on any atom is -0.491 e. The Hall–Kier alpha value is -12.7. The smallest absolute Gasteiger partial charge is 0.119 e. The first kappa shape index (κ1) is 69.6. The number of rotatable bonds is 29. The molecule has 16 rings (SSSR count). The standard InChI is InChI=1S/C100H84N2O6/c1-5-71-27-31-73(32-28-71)69-107-89-57-43-79(44-58-89)99(77-39-53-87(54-40-77)105-65-63-103-7-3)95-25-17-15-23-91(95)93-61-51-85(67-97(93)99)101(81-19-11-9-12-20-81)83-47-35-75(36-48-83)76-37-49-84(50-38-76)102(82-21-13-10-14-22-82)86-52-62-94-92-24-16-18-26-96(92)100(98(94)68-86,78-41-55-88(56-42-78)106-66-64-104-8-4)80-45-59-90(60-46-80)108-70-74-33-29-72(6-2)30-34-74/h5-6,9-62,67-68H,1-2,7-8,63-66,69-70H2,3-4H3. The number of ether oxygens (including phenoxy) is 6. The number of nitrogens with zero attached hydrogens (tertiary/aromatic N) is 2. The highest BCUT2D eigenvalue weighted by atomic mass is 16.5. The molecular weight excluding hydrogens is 1330 g/mol. The first-order valence-electron chi connectivity index (χ1n) is 37.3. The van der Waals surface area contributed by atoms with Gasteiger partial charge in [0.25, 0.3) is 0 Å². The van der Waals surface area contributed by atoms with Crippen molar-refractivity contribution in [3.63, 3.8) is 0 Å². The van der Waals surface area contributed by atoms with Gasteiger partial charge in [0.05, 0.1) is 24.0 Å². The Morgan fingerprint density at radius 1 is 0.278 bits per heavy atom. The van der Waals surface area contributed by atoms with Crippen LogP contribution in [0.25, 0.3) is 45.5 Å². The minimum absolute atomic E-state index is 0.445. The number of anilines is 6. The molecule has 8 nitrogen and oxygen atoms in total. The van der Waals surface area contributed by atoms with Gasteiger partial charge in [-0.3, -0.25) is 0 Å². The fourth-order valence-corrected chi connectivity index (χ4v) is 15.8. The normalized spacial score (nSPS) is 14.4. The molecule has 0 saturated carbocycles. The van der Waals surface area contributed by atoms with E-state index < -0.39 is 10.8 Å². The molecule has 0 N–H and O–H groups in total. The van der Waals surface area contributed by atoms with Crippen molar-refractivity contribution in [1.82, 2.24) is 0 Å². The van der Waals surface area contributed by atoms with Crippen LogP contribution >= 0.6 is 0 Å². The van der Waals surface area contributed by atoms with E-state index in [1.54, 1.807) is 0 Å². The van der Waals surface area contributed by atoms with Gasteiger partial charge in [-0.25, -0.2) is 0 Å². The van der Waals surface area contributed by atoms with E-state index >= 15 is 0 Å². The van der Waals surface area contributed by atoms with Gasteiger partial charge in [0.15, 0.2) is 0 Å². The molecule has 0 fully saturated rings. The molecule has 0 saturated heterocycles. The van der Waals surface area contributed by atoms with Gasteiger partial charge < -0.3 is 38.2 Å². The maximum Gasteiger partial charge on any atom is 0.119 e. The fraction of sp³-hybridized carbons (Fsp3) is 0.120. The van der Waals surface area contributed by atoms with Crippen LogP contribution in [0.3, 0.4) is 0 Å². The Morgan fingerprint density at radius 2 is 0.583 bits per heavy atom. The first-order valence-corrected chi connectivity index (χ1v) is 37.3. The van der Waals surface area contributed by atoms with E-state index in [2.05, 4.69) is 363 Å². The van der Waals surface area contributed by atoms with Crippen LogP contribution in [0.4, 0.5) is 34.1 Å². The number of fused-ring (bicyclic) bond motifs is 6. The molecule has 0 radical (unpaired) electrons. The summed E-state index contributed by atoms with van der Waals surface area (Å²) in [6.07, 6.45) is 3.71. The molecule has 8 heteroatoms. The number of benzene rings is 14. The SMILES string of the molecule is C=Cc1ccc(COc2ccc(C3(c4ccc(OCCOCC)cc4)c4ccccc4-c4ccc(N(c5ccccc5)c5ccc(-c6ccc(N(c7ccccc7)c7ccc8c(c7)C(c7ccc(OCCOCC)cc7)(c7ccc(OCc9ccc(C=C)cc9)cc7)c7ccccc7-8)cc6)cc5)cc43)cc2)cc1. The molecule has 0 aromatic heterocycles. The van der Waals surface area contributed by atoms with Gasteiger partial charge in [0.1, 0.15) is 49.4 Å². The van der Waals surface area contributed by atoms with Crippen LogP contribution in [-0.2, 0) is 33.5 Å². The molecule has 0 heterocycles. The monoisotopic (exact) mass is 1410 g/mol. The first-order chi connectivity index (χ1) is 53.3. The van der Waals surface area contributed by atoms with Gasteiger partial charge in [-0.05, 0) is 235 Å². The summed E-state index contributed by atoms with van der Waals surface area (Å²) >= 11 is 0. The van der Waals surface area contributed by atoms with Crippen molar-refractivity contribution >= 4 is 46.3 Å². The summed E-state index contributed by atoms with van der Waals surface area (Å²) in [5, 5.41) is 0. The maximum absolute atomic E-state index is 6.48. The second kappa shape index (κ2) is 31.5. The lowest BCUT2D eigenvalue weighted by molar-refractivity contribution is 0.110. The van der Waals surface area contributed by atoms with E-state index in [-0.39, 0.29) is 0 Å². The lowest BCUT2D eigenvalue weighted by Gasteiger charge is -2.35. The van der Waals surface area contributed by atoms with E-state index in [4.69, 9.17) is 28.4 Å². The van der Waals surface area contributed by atoms with Crippen LogP contribution in [-0.4, -0.2) is 39.6 Å². The molecule has 2 unspecified atom stereocenters. The highest BCUT2D eigenvalue weighted by molar-refractivity contribution is 5.92. The summed E-state index contributed by atoms with van der Waals surface area (Å²) in [5.74, 6) is 3.17. The van der Waals surface area contributed by atoms with Crippen LogP contribution < -0.4 is 28.7 Å². The summed E-state index contributed by atoms with van der Waals surface area (Å²) in [6.45, 7) is 16.0. The molecule has 2 aliphatic carbocycles. The second-order valence-corrected chi connectivity index (χ2v) is 27.1. The lowest BCUT2D eigenvalue weighted by atomic mass is 9.67. The minimum atomic E-state index is -0.729. The van der Waals surface area contributed by atoms with Crippen LogP contribution in [0.2, 0.25) is 0 Å². The van der Waals surface area contributed by atoms with E-state index in [1.165, 1.54) is 44.5 Å². The average Bonchev–Trinajstić information content (AvgIpc) is 1.56. The zero-order valence-corrected chi connectivity index (χ0v) is 60.9. The third kappa shape index (κ3) is 13.6. The van der Waals surface area contributed by atoms with Crippen LogP contribution in [0, 0.1) is 0 Å². The van der Waals surface area contributed by atoms with Gasteiger partial charge in [-0.1, -0.05) is 244 Å². The topological polar surface area (TPSA) is 61.9 Å². The van der Waals surface area contributed by atoms with Gasteiger partial charge >= 0.3 is 0 Å². The summed E-state index contributed by atoms with van der Waals surface area (Å²) in [4.78, 5) is 4.75. The Bertz CT molecular complexity index is 5080. The molecule has 0 bridgehead atoms. The molecule has 0 aliphatic heterocycles. The van der Waals surface area contributed by atoms with Crippen molar-refractivity contribution < 1.29 is 28.4 Å². The largest absolute Gasteiger partial charge is 0.491 e. The zero-order valence-electron chi connectivity index (χ0n) is 60.9. The van der Waals surface area contributed by atoms with Crippen molar-refractivity contribution in [3.05, 3.63) is 420 Å². The highest BCUT2D eigenvalue weighted by Crippen LogP contribution is 2.60. The number of hydrogen-bond donors (Lipinski definition) is 0. The molecule has 108 heavy (non-hydrogen) atoms. The molecule has 530 valence electrons. The van der Waals surface area contributed by atoms with Gasteiger partial charge in [-0.15, -0.1) is 0 Å². The van der Waals surface area contributed by atoms with Crippen molar-refractivity contribution in [1.29, 1.82) is 0 Å². The van der Waals surface area contributed by atoms with Crippen molar-refractivity contribution in [3.8, 4) is 56.4 Å². The molecule has 14 aromatic rings. The zero-order chi connectivity index (χ0) is 73.2. The van der Waals surface area contributed by atoms with Crippen molar-refractivity contribution in [2.75, 3.05) is 49.4 Å². The van der Waals surface area contributed by atoms with E-state index in [0.29, 0.717) is 52.9 Å². The Labute approximate surface area is 634 Å². The Morgan fingerprint density at radius 3 is 0.926 bits per heavy atom. The molecule has 14 aromatic carbocycles. The summed E-state index contributed by atoms with van der Waals surface area (Å²) < 4.78 is 36.7. The molecular formula is C100H84N2O6. The third-order valence-corrected chi connectivity index (χ3v) is 21.0.